The van der Waals surface area contributed by atoms with Crippen LogP contribution in [-0.2, 0) is 4.74 Å². The van der Waals surface area contributed by atoms with E-state index in [-0.39, 0.29) is 0 Å². The lowest BCUT2D eigenvalue weighted by Crippen LogP contribution is -2.43. The minimum atomic E-state index is -0.471. The molecule has 0 aromatic rings. The average molecular weight is 267 g/mol. The Hall–Kier alpha value is -1.28. The highest BCUT2D eigenvalue weighted by Crippen LogP contribution is 2.29. The Morgan fingerprint density at radius 1 is 1.26 bits per heavy atom. The lowest BCUT2D eigenvalue weighted by Gasteiger charge is -2.27. The van der Waals surface area contributed by atoms with E-state index in [1.807, 2.05) is 20.8 Å². The summed E-state index contributed by atoms with van der Waals surface area (Å²) in [4.78, 5) is 11.4. The van der Waals surface area contributed by atoms with Crippen molar-refractivity contribution >= 4 is 6.09 Å². The van der Waals surface area contributed by atoms with Crippen LogP contribution in [0.3, 0.4) is 0 Å². The van der Waals surface area contributed by atoms with E-state index < -0.39 is 11.7 Å². The van der Waals surface area contributed by atoms with E-state index in [2.05, 4.69) is 16.9 Å². The molecule has 0 saturated heterocycles. The van der Waals surface area contributed by atoms with Crippen molar-refractivity contribution in [1.29, 1.82) is 5.26 Å². The smallest absolute Gasteiger partial charge is 0.422 e. The number of ether oxygens (including phenoxy) is 1. The van der Waals surface area contributed by atoms with Gasteiger partial charge in [0.2, 0.25) is 0 Å². The molecule has 1 amide bonds. The van der Waals surface area contributed by atoms with E-state index in [1.54, 1.807) is 0 Å². The van der Waals surface area contributed by atoms with Crippen LogP contribution >= 0.6 is 0 Å². The van der Waals surface area contributed by atoms with Crippen LogP contribution in [0.5, 0.6) is 0 Å². The summed E-state index contributed by atoms with van der Waals surface area (Å²) in [5.74, 6) is 1.14. The fourth-order valence-electron chi connectivity index (χ4n) is 2.34. The molecule has 0 atom stereocenters. The summed E-state index contributed by atoms with van der Waals surface area (Å²) in [7, 11) is 0. The molecule has 0 spiro atoms. The highest BCUT2D eigenvalue weighted by molar-refractivity contribution is 5.66. The standard InChI is InChI=1S/C14H25N3O2/c1-14(2,3)19-13(18)17-16-10-12-6-4-11(5-7-12)8-9-15/h11-12,16H,4-8,10H2,1-3H3,(H,17,18). The van der Waals surface area contributed by atoms with Gasteiger partial charge in [0.25, 0.3) is 0 Å². The van der Waals surface area contributed by atoms with Crippen LogP contribution in [0.2, 0.25) is 0 Å². The number of hydrazine groups is 1. The van der Waals surface area contributed by atoms with Crippen LogP contribution in [0.15, 0.2) is 0 Å². The average Bonchev–Trinajstić information content (AvgIpc) is 2.29. The molecule has 5 nitrogen and oxygen atoms in total. The van der Waals surface area contributed by atoms with Crippen molar-refractivity contribution in [3.63, 3.8) is 0 Å². The third-order valence-electron chi connectivity index (χ3n) is 3.33. The Kier molecular flexibility index (Phi) is 6.10. The van der Waals surface area contributed by atoms with E-state index in [9.17, 15) is 4.79 Å². The molecule has 0 unspecified atom stereocenters. The van der Waals surface area contributed by atoms with Crippen molar-refractivity contribution in [3.8, 4) is 6.07 Å². The summed E-state index contributed by atoms with van der Waals surface area (Å²) in [6, 6.07) is 2.24. The molecule has 0 radical (unpaired) electrons. The maximum Gasteiger partial charge on any atom is 0.422 e. The Morgan fingerprint density at radius 3 is 2.37 bits per heavy atom. The lowest BCUT2D eigenvalue weighted by atomic mass is 9.81. The summed E-state index contributed by atoms with van der Waals surface area (Å²) in [6.07, 6.45) is 4.71. The Bertz CT molecular complexity index is 323. The predicted molar refractivity (Wildman–Crippen MR) is 73.1 cm³/mol. The molecule has 0 bridgehead atoms. The molecule has 19 heavy (non-hydrogen) atoms. The second-order valence-electron chi connectivity index (χ2n) is 6.26. The molecule has 2 N–H and O–H groups in total. The number of nitrogens with one attached hydrogen (secondary N) is 2. The third kappa shape index (κ3) is 7.02. The molecule has 1 fully saturated rings. The zero-order chi connectivity index (χ0) is 14.3. The summed E-state index contributed by atoms with van der Waals surface area (Å²) in [5.41, 5.74) is 5.02. The third-order valence-corrected chi connectivity index (χ3v) is 3.33. The second kappa shape index (κ2) is 7.34. The van der Waals surface area contributed by atoms with Crippen LogP contribution in [0.25, 0.3) is 0 Å². The van der Waals surface area contributed by atoms with Gasteiger partial charge >= 0.3 is 6.09 Å². The summed E-state index contributed by atoms with van der Waals surface area (Å²) in [5, 5.41) is 8.66. The van der Waals surface area contributed by atoms with Crippen LogP contribution in [0, 0.1) is 23.2 Å². The minimum absolute atomic E-state index is 0.439. The van der Waals surface area contributed by atoms with Gasteiger partial charge in [-0.25, -0.2) is 10.2 Å². The number of hydrogen-bond donors (Lipinski definition) is 2. The van der Waals surface area contributed by atoms with Gasteiger partial charge < -0.3 is 4.74 Å². The van der Waals surface area contributed by atoms with Gasteiger partial charge in [-0.15, -0.1) is 0 Å². The monoisotopic (exact) mass is 267 g/mol. The molecular weight excluding hydrogens is 242 g/mol. The fourth-order valence-corrected chi connectivity index (χ4v) is 2.34. The van der Waals surface area contributed by atoms with Gasteiger partial charge in [-0.1, -0.05) is 0 Å². The molecule has 108 valence electrons. The van der Waals surface area contributed by atoms with Gasteiger partial charge in [0.15, 0.2) is 0 Å². The van der Waals surface area contributed by atoms with Crippen molar-refractivity contribution in [2.75, 3.05) is 6.54 Å². The molecule has 1 saturated carbocycles. The van der Waals surface area contributed by atoms with E-state index in [0.717, 1.165) is 32.2 Å². The molecule has 0 aliphatic heterocycles. The summed E-state index contributed by atoms with van der Waals surface area (Å²) >= 11 is 0. The van der Waals surface area contributed by atoms with Crippen LogP contribution in [-0.4, -0.2) is 18.2 Å². The van der Waals surface area contributed by atoms with Gasteiger partial charge in [0, 0.05) is 13.0 Å². The fraction of sp³-hybridized carbons (Fsp3) is 0.857. The summed E-state index contributed by atoms with van der Waals surface area (Å²) in [6.45, 7) is 6.27. The van der Waals surface area contributed by atoms with Crippen molar-refractivity contribution in [1.82, 2.24) is 10.9 Å². The van der Waals surface area contributed by atoms with Gasteiger partial charge in [-0.3, -0.25) is 5.43 Å². The largest absolute Gasteiger partial charge is 0.443 e. The molecule has 1 aliphatic rings. The second-order valence-corrected chi connectivity index (χ2v) is 6.26. The SMILES string of the molecule is CC(C)(C)OC(=O)NNCC1CCC(CC#N)CC1. The zero-order valence-electron chi connectivity index (χ0n) is 12.2. The maximum absolute atomic E-state index is 11.4. The number of rotatable bonds is 4. The maximum atomic E-state index is 11.4. The van der Waals surface area contributed by atoms with Crippen molar-refractivity contribution in [2.45, 2.75) is 58.5 Å². The van der Waals surface area contributed by atoms with Crippen molar-refractivity contribution in [2.24, 2.45) is 11.8 Å². The molecule has 0 heterocycles. The first kappa shape index (κ1) is 15.8. The van der Waals surface area contributed by atoms with E-state index in [0.29, 0.717) is 18.3 Å². The van der Waals surface area contributed by atoms with Crippen LogP contribution < -0.4 is 10.9 Å². The molecule has 0 aromatic carbocycles. The topological polar surface area (TPSA) is 74.2 Å². The highest BCUT2D eigenvalue weighted by Gasteiger charge is 2.21. The number of amides is 1. The Labute approximate surface area is 115 Å². The van der Waals surface area contributed by atoms with Gasteiger partial charge in [0.1, 0.15) is 5.60 Å². The molecule has 1 aliphatic carbocycles. The van der Waals surface area contributed by atoms with Crippen molar-refractivity contribution in [3.05, 3.63) is 0 Å². The zero-order valence-corrected chi connectivity index (χ0v) is 12.2. The first-order valence-electron chi connectivity index (χ1n) is 6.99. The Balaban J connectivity index is 2.11. The van der Waals surface area contributed by atoms with Crippen molar-refractivity contribution < 1.29 is 9.53 Å². The van der Waals surface area contributed by atoms with Gasteiger partial charge in [0.05, 0.1) is 6.07 Å². The quantitative estimate of drug-likeness (QED) is 0.768. The number of nitrogens with zero attached hydrogens (tertiary/aromatic N) is 1. The number of hydrogen-bond acceptors (Lipinski definition) is 4. The van der Waals surface area contributed by atoms with Gasteiger partial charge in [-0.05, 0) is 58.3 Å². The van der Waals surface area contributed by atoms with E-state index in [1.165, 1.54) is 0 Å². The minimum Gasteiger partial charge on any atom is -0.443 e. The molecular formula is C14H25N3O2. The van der Waals surface area contributed by atoms with E-state index in [4.69, 9.17) is 10.00 Å². The summed E-state index contributed by atoms with van der Waals surface area (Å²) < 4.78 is 5.13. The van der Waals surface area contributed by atoms with Crippen LogP contribution in [0.4, 0.5) is 4.79 Å². The van der Waals surface area contributed by atoms with Gasteiger partial charge in [-0.2, -0.15) is 5.26 Å². The molecule has 5 heteroatoms. The number of carbonyl (C=O) groups is 1. The number of nitriles is 1. The molecule has 1 rings (SSSR count). The predicted octanol–water partition coefficient (Wildman–Crippen LogP) is 2.74. The normalized spacial score (nSPS) is 23.5. The van der Waals surface area contributed by atoms with Crippen LogP contribution in [0.1, 0.15) is 52.9 Å². The Morgan fingerprint density at radius 2 is 1.84 bits per heavy atom. The molecule has 0 aromatic heterocycles. The highest BCUT2D eigenvalue weighted by atomic mass is 16.6. The van der Waals surface area contributed by atoms with E-state index >= 15 is 0 Å². The first-order valence-corrected chi connectivity index (χ1v) is 6.99. The first-order chi connectivity index (χ1) is 8.90. The number of carbonyl (C=O) groups excluding carboxylic acids is 1. The lowest BCUT2D eigenvalue weighted by molar-refractivity contribution is 0.0492.